The highest BCUT2D eigenvalue weighted by molar-refractivity contribution is 5.07. The minimum absolute atomic E-state index is 0.456. The zero-order chi connectivity index (χ0) is 10.7. The van der Waals surface area contributed by atoms with Crippen LogP contribution in [0.4, 0.5) is 0 Å². The van der Waals surface area contributed by atoms with Gasteiger partial charge in [-0.15, -0.1) is 13.2 Å². The van der Waals surface area contributed by atoms with Crippen LogP contribution in [-0.4, -0.2) is 21.4 Å². The Bertz CT molecular complexity index is 200. The average molecular weight is 196 g/mol. The molecule has 1 rings (SSSR count). The van der Waals surface area contributed by atoms with Crippen LogP contribution in [0.2, 0.25) is 0 Å². The summed E-state index contributed by atoms with van der Waals surface area (Å²) in [4.78, 5) is 0. The summed E-state index contributed by atoms with van der Waals surface area (Å²) in [7, 11) is 0. The van der Waals surface area contributed by atoms with Gasteiger partial charge in [0.15, 0.2) is 0 Å². The summed E-state index contributed by atoms with van der Waals surface area (Å²) in [6.45, 7) is 7.26. The normalized spacial score (nSPS) is 37.9. The number of hydrogen-bond donors (Lipinski definition) is 2. The van der Waals surface area contributed by atoms with Gasteiger partial charge in [0.1, 0.15) is 0 Å². The molecular weight excluding hydrogens is 176 g/mol. The van der Waals surface area contributed by atoms with Crippen LogP contribution in [0, 0.1) is 0 Å². The summed E-state index contributed by atoms with van der Waals surface area (Å²) in [6.07, 6.45) is 7.54. The van der Waals surface area contributed by atoms with E-state index in [0.29, 0.717) is 25.7 Å². The molecule has 0 saturated heterocycles. The summed E-state index contributed by atoms with van der Waals surface area (Å²) in [5, 5.41) is 20.7. The van der Waals surface area contributed by atoms with Crippen molar-refractivity contribution in [2.24, 2.45) is 0 Å². The Kier molecular flexibility index (Phi) is 3.51. The van der Waals surface area contributed by atoms with Crippen LogP contribution in [0.3, 0.4) is 0 Å². The molecule has 1 fully saturated rings. The second-order valence-electron chi connectivity index (χ2n) is 4.26. The molecule has 0 aromatic rings. The summed E-state index contributed by atoms with van der Waals surface area (Å²) in [5.74, 6) is 0. The van der Waals surface area contributed by atoms with Crippen LogP contribution in [0.1, 0.15) is 38.5 Å². The van der Waals surface area contributed by atoms with Gasteiger partial charge in [0.25, 0.3) is 0 Å². The maximum absolute atomic E-state index is 10.4. The number of hydrogen-bond acceptors (Lipinski definition) is 2. The minimum Gasteiger partial charge on any atom is -0.387 e. The van der Waals surface area contributed by atoms with Crippen LogP contribution in [0.15, 0.2) is 25.3 Å². The van der Waals surface area contributed by atoms with E-state index in [2.05, 4.69) is 13.2 Å². The van der Waals surface area contributed by atoms with Gasteiger partial charge < -0.3 is 10.2 Å². The zero-order valence-electron chi connectivity index (χ0n) is 8.71. The molecule has 1 aliphatic carbocycles. The van der Waals surface area contributed by atoms with Crippen molar-refractivity contribution >= 4 is 0 Å². The van der Waals surface area contributed by atoms with E-state index < -0.39 is 11.2 Å². The van der Waals surface area contributed by atoms with Crippen LogP contribution in [0.25, 0.3) is 0 Å². The van der Waals surface area contributed by atoms with E-state index in [9.17, 15) is 10.2 Å². The van der Waals surface area contributed by atoms with Crippen LogP contribution in [-0.2, 0) is 0 Å². The first-order valence-electron chi connectivity index (χ1n) is 5.24. The van der Waals surface area contributed by atoms with Crippen molar-refractivity contribution < 1.29 is 10.2 Å². The molecule has 0 amide bonds. The van der Waals surface area contributed by atoms with Crippen LogP contribution < -0.4 is 0 Å². The highest BCUT2D eigenvalue weighted by Crippen LogP contribution is 2.42. The third kappa shape index (κ3) is 1.91. The van der Waals surface area contributed by atoms with Crippen molar-refractivity contribution in [3.63, 3.8) is 0 Å². The van der Waals surface area contributed by atoms with E-state index in [-0.39, 0.29) is 0 Å². The summed E-state index contributed by atoms with van der Waals surface area (Å²) < 4.78 is 0. The second kappa shape index (κ2) is 4.28. The molecule has 2 heteroatoms. The molecule has 80 valence electrons. The highest BCUT2D eigenvalue weighted by Gasteiger charge is 2.48. The quantitative estimate of drug-likeness (QED) is 0.676. The lowest BCUT2D eigenvalue weighted by Gasteiger charge is -2.46. The monoisotopic (exact) mass is 196 g/mol. The van der Waals surface area contributed by atoms with E-state index in [4.69, 9.17) is 0 Å². The van der Waals surface area contributed by atoms with Crippen molar-refractivity contribution in [3.05, 3.63) is 25.3 Å². The number of rotatable bonds is 4. The Balaban J connectivity index is 2.85. The Hall–Kier alpha value is -0.600. The first-order valence-corrected chi connectivity index (χ1v) is 5.24. The molecule has 1 aliphatic rings. The van der Waals surface area contributed by atoms with Gasteiger partial charge in [-0.25, -0.2) is 0 Å². The van der Waals surface area contributed by atoms with Gasteiger partial charge in [0.05, 0.1) is 11.2 Å². The van der Waals surface area contributed by atoms with Crippen LogP contribution >= 0.6 is 0 Å². The molecule has 0 aromatic heterocycles. The Labute approximate surface area is 86.0 Å². The molecule has 0 heterocycles. The predicted octanol–water partition coefficient (Wildman–Crippen LogP) is 2.17. The third-order valence-electron chi connectivity index (χ3n) is 3.26. The van der Waals surface area contributed by atoms with E-state index in [0.717, 1.165) is 12.8 Å². The zero-order valence-corrected chi connectivity index (χ0v) is 8.71. The van der Waals surface area contributed by atoms with E-state index in [1.54, 1.807) is 12.2 Å². The lowest BCUT2D eigenvalue weighted by molar-refractivity contribution is -0.171. The molecule has 14 heavy (non-hydrogen) atoms. The molecular formula is C12H20O2. The van der Waals surface area contributed by atoms with Crippen LogP contribution in [0.5, 0.6) is 0 Å². The molecule has 0 radical (unpaired) electrons. The largest absolute Gasteiger partial charge is 0.387 e. The van der Waals surface area contributed by atoms with Gasteiger partial charge in [0.2, 0.25) is 0 Å². The van der Waals surface area contributed by atoms with Gasteiger partial charge in [-0.05, 0) is 25.7 Å². The van der Waals surface area contributed by atoms with Crippen molar-refractivity contribution in [2.45, 2.75) is 49.7 Å². The minimum atomic E-state index is -0.999. The SMILES string of the molecule is C=CC[C@]1(O)CCCC[C@@]1(O)CC=C. The van der Waals surface area contributed by atoms with Crippen molar-refractivity contribution in [2.75, 3.05) is 0 Å². The van der Waals surface area contributed by atoms with Gasteiger partial charge in [-0.1, -0.05) is 25.0 Å². The first kappa shape index (κ1) is 11.5. The lowest BCUT2D eigenvalue weighted by atomic mass is 9.68. The van der Waals surface area contributed by atoms with Gasteiger partial charge in [-0.2, -0.15) is 0 Å². The highest BCUT2D eigenvalue weighted by atomic mass is 16.4. The fraction of sp³-hybridized carbons (Fsp3) is 0.667. The van der Waals surface area contributed by atoms with Gasteiger partial charge >= 0.3 is 0 Å². The molecule has 1 saturated carbocycles. The second-order valence-corrected chi connectivity index (χ2v) is 4.26. The van der Waals surface area contributed by atoms with Gasteiger partial charge in [0, 0.05) is 0 Å². The smallest absolute Gasteiger partial charge is 0.0970 e. The lowest BCUT2D eigenvalue weighted by Crippen LogP contribution is -2.55. The predicted molar refractivity (Wildman–Crippen MR) is 58.0 cm³/mol. The average Bonchev–Trinajstić information content (AvgIpc) is 2.12. The Morgan fingerprint density at radius 3 is 1.57 bits per heavy atom. The molecule has 0 aromatic carbocycles. The van der Waals surface area contributed by atoms with E-state index in [1.807, 2.05) is 0 Å². The first-order chi connectivity index (χ1) is 6.58. The molecule has 2 atom stereocenters. The fourth-order valence-electron chi connectivity index (χ4n) is 2.36. The summed E-state index contributed by atoms with van der Waals surface area (Å²) in [6, 6.07) is 0. The molecule has 0 spiro atoms. The molecule has 0 bridgehead atoms. The van der Waals surface area contributed by atoms with Crippen molar-refractivity contribution in [3.8, 4) is 0 Å². The van der Waals surface area contributed by atoms with Crippen molar-refractivity contribution in [1.82, 2.24) is 0 Å². The standard InChI is InChI=1S/C12H20O2/c1-3-7-11(13)9-5-6-10-12(11,14)8-4-2/h3-4,13-14H,1-2,5-10H2/t11-,12-/m0/s1. The van der Waals surface area contributed by atoms with E-state index >= 15 is 0 Å². The molecule has 2 nitrogen and oxygen atoms in total. The summed E-state index contributed by atoms with van der Waals surface area (Å²) in [5.41, 5.74) is -2.00. The maximum atomic E-state index is 10.4. The Morgan fingerprint density at radius 2 is 1.29 bits per heavy atom. The maximum Gasteiger partial charge on any atom is 0.0970 e. The third-order valence-corrected chi connectivity index (χ3v) is 3.26. The van der Waals surface area contributed by atoms with Gasteiger partial charge in [-0.3, -0.25) is 0 Å². The Morgan fingerprint density at radius 1 is 0.929 bits per heavy atom. The topological polar surface area (TPSA) is 40.5 Å². The molecule has 0 unspecified atom stereocenters. The fourth-order valence-corrected chi connectivity index (χ4v) is 2.36. The van der Waals surface area contributed by atoms with Crippen molar-refractivity contribution in [1.29, 1.82) is 0 Å². The number of aliphatic hydroxyl groups is 2. The molecule has 2 N–H and O–H groups in total. The summed E-state index contributed by atoms with van der Waals surface area (Å²) >= 11 is 0. The van der Waals surface area contributed by atoms with E-state index in [1.165, 1.54) is 0 Å². The molecule has 0 aliphatic heterocycles.